The Morgan fingerprint density at radius 3 is 2.59 bits per heavy atom. The molecule has 2 aliphatic rings. The number of hydrogen-bond donors (Lipinski definition) is 1. The van der Waals surface area contributed by atoms with Crippen LogP contribution in [0.4, 0.5) is 26.2 Å². The van der Waals surface area contributed by atoms with Crippen LogP contribution >= 0.6 is 0 Å². The smallest absolute Gasteiger partial charge is 0.168 e. The minimum Gasteiger partial charge on any atom is -0.356 e. The Morgan fingerprint density at radius 1 is 0.941 bits per heavy atom. The maximum absolute atomic E-state index is 14.1. The molecule has 4 aromatic rings. The zero-order valence-electron chi connectivity index (χ0n) is 18.5. The molecule has 9 heteroatoms. The number of piperidine rings is 1. The van der Waals surface area contributed by atoms with Crippen molar-refractivity contribution in [3.05, 3.63) is 60.2 Å². The summed E-state index contributed by atoms with van der Waals surface area (Å²) in [5, 5.41) is 3.92. The summed E-state index contributed by atoms with van der Waals surface area (Å²) in [6.45, 7) is 1.94. The van der Waals surface area contributed by atoms with Crippen LogP contribution in [0.25, 0.3) is 22.3 Å². The first kappa shape index (κ1) is 20.8. The highest BCUT2D eigenvalue weighted by Gasteiger charge is 2.29. The van der Waals surface area contributed by atoms with Gasteiger partial charge in [0.05, 0.1) is 17.9 Å². The third kappa shape index (κ3) is 4.02. The Labute approximate surface area is 195 Å². The molecule has 0 aromatic carbocycles. The van der Waals surface area contributed by atoms with Gasteiger partial charge in [0, 0.05) is 42.5 Å². The first-order chi connectivity index (χ1) is 16.7. The number of nitrogens with zero attached hydrogens (tertiary/aromatic N) is 6. The van der Waals surface area contributed by atoms with Crippen molar-refractivity contribution in [1.82, 2.24) is 24.9 Å². The van der Waals surface area contributed by atoms with Gasteiger partial charge in [-0.05, 0) is 55.7 Å². The maximum atomic E-state index is 14.1. The Morgan fingerprint density at radius 2 is 1.79 bits per heavy atom. The lowest BCUT2D eigenvalue weighted by molar-refractivity contribution is 0.574. The molecular weight excluding hydrogens is 436 g/mol. The molecule has 34 heavy (non-hydrogen) atoms. The number of anilines is 3. The molecule has 1 aliphatic carbocycles. The monoisotopic (exact) mass is 459 g/mol. The lowest BCUT2D eigenvalue weighted by atomic mass is 10.1. The fourth-order valence-electron chi connectivity index (χ4n) is 4.52. The molecule has 1 saturated carbocycles. The van der Waals surface area contributed by atoms with Gasteiger partial charge in [-0.15, -0.1) is 0 Å². The zero-order chi connectivity index (χ0) is 23.1. The fourth-order valence-corrected chi connectivity index (χ4v) is 4.52. The standard InChI is InChI=1S/C25H23F2N7/c26-17-11-19(27)24(30-12-17)32-21-10-16(6-7-29-21)23-31-20-14-28-13-18(15-4-5-15)22(20)25(33-23)34-8-2-1-3-9-34/h6-7,10-15H,1-5,8-9H2,(H,29,30,32). The summed E-state index contributed by atoms with van der Waals surface area (Å²) >= 11 is 0. The topological polar surface area (TPSA) is 79.7 Å². The number of pyridine rings is 3. The highest BCUT2D eigenvalue weighted by Crippen LogP contribution is 2.45. The molecule has 0 radical (unpaired) electrons. The van der Waals surface area contributed by atoms with Crippen molar-refractivity contribution in [2.24, 2.45) is 0 Å². The maximum Gasteiger partial charge on any atom is 0.168 e. The lowest BCUT2D eigenvalue weighted by Crippen LogP contribution is -2.30. The number of aromatic nitrogens is 5. The van der Waals surface area contributed by atoms with Crippen LogP contribution in [0.15, 0.2) is 43.0 Å². The van der Waals surface area contributed by atoms with Gasteiger partial charge < -0.3 is 10.2 Å². The molecule has 172 valence electrons. The van der Waals surface area contributed by atoms with Crippen molar-refractivity contribution in [1.29, 1.82) is 0 Å². The van der Waals surface area contributed by atoms with Gasteiger partial charge in [0.1, 0.15) is 17.5 Å². The van der Waals surface area contributed by atoms with E-state index < -0.39 is 11.6 Å². The van der Waals surface area contributed by atoms with E-state index in [1.165, 1.54) is 24.8 Å². The number of halogens is 2. The van der Waals surface area contributed by atoms with Gasteiger partial charge in [0.2, 0.25) is 0 Å². The molecule has 4 aromatic heterocycles. The molecule has 1 aliphatic heterocycles. The molecule has 2 fully saturated rings. The van der Waals surface area contributed by atoms with Gasteiger partial charge in [-0.3, -0.25) is 4.98 Å². The van der Waals surface area contributed by atoms with Crippen LogP contribution in [-0.2, 0) is 0 Å². The molecule has 1 saturated heterocycles. The van der Waals surface area contributed by atoms with Crippen LogP contribution < -0.4 is 10.2 Å². The fraction of sp³-hybridized carbons (Fsp3) is 0.320. The Balaban J connectivity index is 1.43. The SMILES string of the molecule is Fc1cnc(Nc2cc(-c3nc(N4CCCCC4)c4c(C5CC5)cncc4n3)ccn2)c(F)c1. The molecule has 0 unspecified atom stereocenters. The highest BCUT2D eigenvalue weighted by molar-refractivity contribution is 5.94. The highest BCUT2D eigenvalue weighted by atomic mass is 19.1. The van der Waals surface area contributed by atoms with Crippen molar-refractivity contribution >= 4 is 28.4 Å². The van der Waals surface area contributed by atoms with Gasteiger partial charge in [-0.2, -0.15) is 0 Å². The van der Waals surface area contributed by atoms with Crippen LogP contribution in [0, 0.1) is 11.6 Å². The van der Waals surface area contributed by atoms with Gasteiger partial charge in [-0.1, -0.05) is 0 Å². The van der Waals surface area contributed by atoms with Crippen LogP contribution in [-0.4, -0.2) is 38.0 Å². The Kier molecular flexibility index (Phi) is 5.24. The molecule has 0 amide bonds. The van der Waals surface area contributed by atoms with E-state index in [4.69, 9.17) is 9.97 Å². The quantitative estimate of drug-likeness (QED) is 0.430. The van der Waals surface area contributed by atoms with Gasteiger partial charge in [0.15, 0.2) is 17.5 Å². The minimum atomic E-state index is -0.791. The first-order valence-electron chi connectivity index (χ1n) is 11.6. The van der Waals surface area contributed by atoms with Crippen LogP contribution in [0.3, 0.4) is 0 Å². The average Bonchev–Trinajstić information content (AvgIpc) is 3.71. The van der Waals surface area contributed by atoms with Crippen LogP contribution in [0.1, 0.15) is 43.6 Å². The van der Waals surface area contributed by atoms with Crippen molar-refractivity contribution in [2.45, 2.75) is 38.0 Å². The van der Waals surface area contributed by atoms with E-state index in [1.54, 1.807) is 18.5 Å². The van der Waals surface area contributed by atoms with E-state index in [0.717, 1.165) is 60.5 Å². The van der Waals surface area contributed by atoms with E-state index >= 15 is 0 Å². The summed E-state index contributed by atoms with van der Waals surface area (Å²) in [5.41, 5.74) is 2.80. The predicted octanol–water partition coefficient (Wildman–Crippen LogP) is 5.37. The number of fused-ring (bicyclic) bond motifs is 1. The number of hydrogen-bond acceptors (Lipinski definition) is 7. The van der Waals surface area contributed by atoms with E-state index in [9.17, 15) is 8.78 Å². The second-order valence-electron chi connectivity index (χ2n) is 8.85. The predicted molar refractivity (Wildman–Crippen MR) is 126 cm³/mol. The molecule has 0 bridgehead atoms. The first-order valence-corrected chi connectivity index (χ1v) is 11.6. The van der Waals surface area contributed by atoms with E-state index in [-0.39, 0.29) is 5.82 Å². The van der Waals surface area contributed by atoms with Gasteiger partial charge in [-0.25, -0.2) is 28.7 Å². The molecule has 5 heterocycles. The van der Waals surface area contributed by atoms with Crippen molar-refractivity contribution < 1.29 is 8.78 Å². The number of nitrogens with one attached hydrogen (secondary N) is 1. The normalized spacial score (nSPS) is 16.1. The summed E-state index contributed by atoms with van der Waals surface area (Å²) in [4.78, 5) is 24.8. The Hall–Kier alpha value is -3.75. The van der Waals surface area contributed by atoms with Gasteiger partial charge in [0.25, 0.3) is 0 Å². The summed E-state index contributed by atoms with van der Waals surface area (Å²) in [7, 11) is 0. The largest absolute Gasteiger partial charge is 0.356 e. The average molecular weight is 460 g/mol. The summed E-state index contributed by atoms with van der Waals surface area (Å²) in [6.07, 6.45) is 12.2. The third-order valence-corrected chi connectivity index (χ3v) is 6.36. The van der Waals surface area contributed by atoms with Crippen molar-refractivity contribution in [2.75, 3.05) is 23.3 Å². The second kappa shape index (κ2) is 8.55. The van der Waals surface area contributed by atoms with Crippen LogP contribution in [0.2, 0.25) is 0 Å². The van der Waals surface area contributed by atoms with E-state index in [0.29, 0.717) is 17.6 Å². The summed E-state index contributed by atoms with van der Waals surface area (Å²) in [5.74, 6) is 0.784. The van der Waals surface area contributed by atoms with Crippen LogP contribution in [0.5, 0.6) is 0 Å². The molecule has 7 nitrogen and oxygen atoms in total. The molecule has 0 atom stereocenters. The lowest BCUT2D eigenvalue weighted by Gasteiger charge is -2.29. The van der Waals surface area contributed by atoms with Crippen molar-refractivity contribution in [3.63, 3.8) is 0 Å². The Bertz CT molecular complexity index is 1370. The minimum absolute atomic E-state index is 0.0993. The summed E-state index contributed by atoms with van der Waals surface area (Å²) in [6, 6.07) is 4.34. The second-order valence-corrected chi connectivity index (χ2v) is 8.85. The molecule has 1 N–H and O–H groups in total. The molecule has 6 rings (SSSR count). The summed E-state index contributed by atoms with van der Waals surface area (Å²) < 4.78 is 27.3. The third-order valence-electron chi connectivity index (χ3n) is 6.36. The zero-order valence-corrected chi connectivity index (χ0v) is 18.5. The molecule has 0 spiro atoms. The van der Waals surface area contributed by atoms with E-state index in [2.05, 4.69) is 25.2 Å². The van der Waals surface area contributed by atoms with Gasteiger partial charge >= 0.3 is 0 Å². The number of rotatable bonds is 5. The van der Waals surface area contributed by atoms with Crippen molar-refractivity contribution in [3.8, 4) is 11.4 Å². The van der Waals surface area contributed by atoms with E-state index in [1.807, 2.05) is 12.3 Å². The molecular formula is C25H23F2N7.